The molecule has 0 spiro atoms. The molecule has 2 aromatic carbocycles. The minimum Gasteiger partial charge on any atom is -0.373 e. The molecule has 0 saturated heterocycles. The first-order valence-electron chi connectivity index (χ1n) is 6.29. The number of rotatable bonds is 4. The van der Waals surface area contributed by atoms with Gasteiger partial charge in [-0.2, -0.15) is 0 Å². The average Bonchev–Trinajstić information content (AvgIpc) is 2.45. The van der Waals surface area contributed by atoms with E-state index in [-0.39, 0.29) is 6.07 Å². The van der Waals surface area contributed by atoms with Crippen LogP contribution in [0, 0.1) is 29.1 Å². The van der Waals surface area contributed by atoms with E-state index < -0.39 is 40.8 Å². The molecule has 1 unspecified atom stereocenters. The van der Waals surface area contributed by atoms with Gasteiger partial charge in [-0.1, -0.05) is 19.1 Å². The molecular weight excluding hydrogens is 289 g/mol. The molecule has 6 heteroatoms. The van der Waals surface area contributed by atoms with Crippen molar-refractivity contribution >= 4 is 5.69 Å². The van der Waals surface area contributed by atoms with Crippen LogP contribution >= 0.6 is 0 Å². The Kier molecular flexibility index (Phi) is 4.45. The largest absolute Gasteiger partial charge is 0.373 e. The van der Waals surface area contributed by atoms with Gasteiger partial charge in [0.2, 0.25) is 0 Å². The number of hydrogen-bond acceptors (Lipinski definition) is 1. The Morgan fingerprint density at radius 2 is 1.57 bits per heavy atom. The molecule has 0 aromatic heterocycles. The molecule has 1 atom stereocenters. The van der Waals surface area contributed by atoms with Gasteiger partial charge in [-0.3, -0.25) is 0 Å². The van der Waals surface area contributed by atoms with Crippen molar-refractivity contribution < 1.29 is 22.0 Å². The molecule has 2 rings (SSSR count). The van der Waals surface area contributed by atoms with Crippen molar-refractivity contribution in [1.82, 2.24) is 0 Å². The van der Waals surface area contributed by atoms with E-state index in [9.17, 15) is 22.0 Å². The summed E-state index contributed by atoms with van der Waals surface area (Å²) < 4.78 is 66.7. The highest BCUT2D eigenvalue weighted by molar-refractivity contribution is 5.49. The maximum absolute atomic E-state index is 13.6. The van der Waals surface area contributed by atoms with Crippen molar-refractivity contribution in [2.24, 2.45) is 0 Å². The van der Waals surface area contributed by atoms with Gasteiger partial charge < -0.3 is 5.32 Å². The third kappa shape index (κ3) is 3.15. The molecule has 1 nitrogen and oxygen atoms in total. The van der Waals surface area contributed by atoms with E-state index in [4.69, 9.17) is 0 Å². The fourth-order valence-electron chi connectivity index (χ4n) is 2.02. The number of nitrogens with one attached hydrogen (secondary N) is 1. The minimum atomic E-state index is -1.51. The van der Waals surface area contributed by atoms with Gasteiger partial charge in [-0.15, -0.1) is 0 Å². The van der Waals surface area contributed by atoms with Crippen LogP contribution in [0.1, 0.15) is 24.9 Å². The van der Waals surface area contributed by atoms with Crippen LogP contribution in [0.15, 0.2) is 30.3 Å². The zero-order valence-corrected chi connectivity index (χ0v) is 11.1. The van der Waals surface area contributed by atoms with Gasteiger partial charge in [0, 0.05) is 6.07 Å². The second kappa shape index (κ2) is 6.11. The highest BCUT2D eigenvalue weighted by Crippen LogP contribution is 2.29. The number of benzene rings is 2. The summed E-state index contributed by atoms with van der Waals surface area (Å²) in [6.45, 7) is 1.69. The second-order valence-corrected chi connectivity index (χ2v) is 4.50. The van der Waals surface area contributed by atoms with Crippen LogP contribution < -0.4 is 5.32 Å². The van der Waals surface area contributed by atoms with Gasteiger partial charge in [0.15, 0.2) is 23.3 Å². The van der Waals surface area contributed by atoms with Crippen molar-refractivity contribution in [3.05, 3.63) is 65.0 Å². The standard InChI is InChI=1S/C15H12F5N/c1-2-12(8-4-3-5-9(16)6-8)21-15-13(19)10(17)7-11(18)14(15)20/h3-7,12,21H,2H2,1H3. The van der Waals surface area contributed by atoms with E-state index in [1.165, 1.54) is 18.2 Å². The van der Waals surface area contributed by atoms with Crippen molar-refractivity contribution in [3.8, 4) is 0 Å². The summed E-state index contributed by atoms with van der Waals surface area (Å²) in [5.41, 5.74) is -0.482. The van der Waals surface area contributed by atoms with E-state index in [1.807, 2.05) is 0 Å². The van der Waals surface area contributed by atoms with Crippen molar-refractivity contribution in [1.29, 1.82) is 0 Å². The lowest BCUT2D eigenvalue weighted by atomic mass is 10.0. The van der Waals surface area contributed by atoms with Crippen molar-refractivity contribution in [3.63, 3.8) is 0 Å². The molecule has 0 fully saturated rings. The lowest BCUT2D eigenvalue weighted by Gasteiger charge is -2.20. The first kappa shape index (κ1) is 15.3. The van der Waals surface area contributed by atoms with Gasteiger partial charge in [0.25, 0.3) is 0 Å². The summed E-state index contributed by atoms with van der Waals surface area (Å²) in [6.07, 6.45) is 0.334. The zero-order chi connectivity index (χ0) is 15.6. The Labute approximate surface area is 118 Å². The maximum atomic E-state index is 13.6. The summed E-state index contributed by atoms with van der Waals surface area (Å²) in [5, 5.41) is 2.39. The summed E-state index contributed by atoms with van der Waals surface area (Å²) >= 11 is 0. The van der Waals surface area contributed by atoms with E-state index >= 15 is 0 Å². The normalized spacial score (nSPS) is 12.3. The van der Waals surface area contributed by atoms with E-state index in [1.54, 1.807) is 13.0 Å². The van der Waals surface area contributed by atoms with Crippen LogP contribution in [0.4, 0.5) is 27.6 Å². The molecule has 0 heterocycles. The predicted molar refractivity (Wildman–Crippen MR) is 69.3 cm³/mol. The lowest BCUT2D eigenvalue weighted by molar-refractivity contribution is 0.456. The first-order valence-corrected chi connectivity index (χ1v) is 6.29. The Bertz CT molecular complexity index is 631. The van der Waals surface area contributed by atoms with Gasteiger partial charge in [0.05, 0.1) is 6.04 Å². The van der Waals surface area contributed by atoms with Crippen LogP contribution in [0.3, 0.4) is 0 Å². The Hall–Kier alpha value is -2.11. The summed E-state index contributed by atoms with van der Waals surface area (Å²) in [6, 6.07) is 4.85. The van der Waals surface area contributed by atoms with Crippen LogP contribution in [0.2, 0.25) is 0 Å². The highest BCUT2D eigenvalue weighted by atomic mass is 19.2. The molecule has 112 valence electrons. The van der Waals surface area contributed by atoms with E-state index in [0.29, 0.717) is 12.0 Å². The number of anilines is 1. The monoisotopic (exact) mass is 301 g/mol. The fourth-order valence-corrected chi connectivity index (χ4v) is 2.02. The Morgan fingerprint density at radius 1 is 0.952 bits per heavy atom. The topological polar surface area (TPSA) is 12.0 Å². The van der Waals surface area contributed by atoms with E-state index in [2.05, 4.69) is 5.32 Å². The molecule has 0 saturated carbocycles. The smallest absolute Gasteiger partial charge is 0.185 e. The second-order valence-electron chi connectivity index (χ2n) is 4.50. The highest BCUT2D eigenvalue weighted by Gasteiger charge is 2.21. The summed E-state index contributed by atoms with van der Waals surface area (Å²) in [4.78, 5) is 0. The summed E-state index contributed by atoms with van der Waals surface area (Å²) in [7, 11) is 0. The van der Waals surface area contributed by atoms with Crippen molar-refractivity contribution in [2.75, 3.05) is 5.32 Å². The third-order valence-corrected chi connectivity index (χ3v) is 3.09. The average molecular weight is 301 g/mol. The molecule has 0 amide bonds. The zero-order valence-electron chi connectivity index (χ0n) is 11.1. The fraction of sp³-hybridized carbons (Fsp3) is 0.200. The molecular formula is C15H12F5N. The van der Waals surface area contributed by atoms with Gasteiger partial charge >= 0.3 is 0 Å². The molecule has 0 radical (unpaired) electrons. The number of hydrogen-bond donors (Lipinski definition) is 1. The maximum Gasteiger partial charge on any atom is 0.185 e. The van der Waals surface area contributed by atoms with Gasteiger partial charge in [-0.05, 0) is 24.1 Å². The number of halogens is 5. The quantitative estimate of drug-likeness (QED) is 0.622. The van der Waals surface area contributed by atoms with Gasteiger partial charge in [-0.25, -0.2) is 22.0 Å². The Balaban J connectivity index is 2.40. The van der Waals surface area contributed by atoms with Gasteiger partial charge in [0.1, 0.15) is 11.5 Å². The predicted octanol–water partition coefficient (Wildman–Crippen LogP) is 4.95. The third-order valence-electron chi connectivity index (χ3n) is 3.09. The van der Waals surface area contributed by atoms with Crippen LogP contribution in [0.25, 0.3) is 0 Å². The first-order chi connectivity index (χ1) is 9.93. The van der Waals surface area contributed by atoms with Crippen LogP contribution in [0.5, 0.6) is 0 Å². The Morgan fingerprint density at radius 3 is 2.10 bits per heavy atom. The molecule has 2 aromatic rings. The molecule has 21 heavy (non-hydrogen) atoms. The molecule has 0 bridgehead atoms. The SMILES string of the molecule is CCC(Nc1c(F)c(F)cc(F)c1F)c1cccc(F)c1. The van der Waals surface area contributed by atoms with Crippen LogP contribution in [-0.4, -0.2) is 0 Å². The molecule has 1 N–H and O–H groups in total. The van der Waals surface area contributed by atoms with Crippen LogP contribution in [-0.2, 0) is 0 Å². The molecule has 0 aliphatic rings. The minimum absolute atomic E-state index is 0.138. The lowest BCUT2D eigenvalue weighted by Crippen LogP contribution is -2.14. The summed E-state index contributed by atoms with van der Waals surface area (Å²) in [5.74, 6) is -6.53. The van der Waals surface area contributed by atoms with E-state index in [0.717, 1.165) is 0 Å². The molecule has 0 aliphatic carbocycles. The molecule has 0 aliphatic heterocycles. The van der Waals surface area contributed by atoms with Crippen molar-refractivity contribution in [2.45, 2.75) is 19.4 Å².